The molecular weight excluding hydrogens is 415 g/mol. The first-order valence-electron chi connectivity index (χ1n) is 9.58. The van der Waals surface area contributed by atoms with Gasteiger partial charge in [-0.2, -0.15) is 10.2 Å². The van der Waals surface area contributed by atoms with Gasteiger partial charge in [0.15, 0.2) is 5.52 Å². The first kappa shape index (κ1) is 19.2. The Morgan fingerprint density at radius 1 is 1.40 bits per heavy atom. The zero-order valence-corrected chi connectivity index (χ0v) is 16.8. The summed E-state index contributed by atoms with van der Waals surface area (Å²) in [6.45, 7) is 2.09. The molecule has 2 fully saturated rings. The molecule has 3 aromatic rings. The SMILES string of the molecule is CC(=O)OCC1OCC2C1[C@H]2n1ncc2c(Cl)n(Cc3ccccc3F)nc2c1=O. The van der Waals surface area contributed by atoms with E-state index in [2.05, 4.69) is 10.2 Å². The normalized spacial score (nSPS) is 24.8. The number of esters is 1. The van der Waals surface area contributed by atoms with Gasteiger partial charge in [0, 0.05) is 24.3 Å². The number of benzene rings is 1. The summed E-state index contributed by atoms with van der Waals surface area (Å²) in [6.07, 6.45) is 1.26. The highest BCUT2D eigenvalue weighted by atomic mass is 35.5. The van der Waals surface area contributed by atoms with Crippen LogP contribution in [0.2, 0.25) is 5.15 Å². The number of halogens is 2. The van der Waals surface area contributed by atoms with E-state index in [0.717, 1.165) is 0 Å². The summed E-state index contributed by atoms with van der Waals surface area (Å²) < 4.78 is 27.5. The fourth-order valence-electron chi connectivity index (χ4n) is 4.25. The lowest BCUT2D eigenvalue weighted by Crippen LogP contribution is -2.28. The molecule has 3 unspecified atom stereocenters. The van der Waals surface area contributed by atoms with Crippen molar-refractivity contribution in [2.45, 2.75) is 25.6 Å². The van der Waals surface area contributed by atoms with Gasteiger partial charge in [0.25, 0.3) is 5.56 Å². The van der Waals surface area contributed by atoms with Crippen LogP contribution in [0.3, 0.4) is 0 Å². The number of hydrogen-bond donors (Lipinski definition) is 0. The van der Waals surface area contributed by atoms with Crippen molar-refractivity contribution in [2.24, 2.45) is 11.8 Å². The second-order valence-corrected chi connectivity index (χ2v) is 7.96. The lowest BCUT2D eigenvalue weighted by molar-refractivity contribution is -0.144. The molecule has 5 rings (SSSR count). The maximum atomic E-state index is 14.0. The molecule has 1 aliphatic heterocycles. The monoisotopic (exact) mass is 432 g/mol. The number of carbonyl (C=O) groups excluding carboxylic acids is 1. The molecule has 2 aliphatic rings. The van der Waals surface area contributed by atoms with Crippen molar-refractivity contribution < 1.29 is 18.7 Å². The highest BCUT2D eigenvalue weighted by Gasteiger charge is 2.61. The van der Waals surface area contributed by atoms with E-state index in [1.807, 2.05) is 0 Å². The summed E-state index contributed by atoms with van der Waals surface area (Å²) in [5.41, 5.74) is 0.253. The van der Waals surface area contributed by atoms with Crippen LogP contribution in [0.5, 0.6) is 0 Å². The summed E-state index contributed by atoms with van der Waals surface area (Å²) in [5, 5.41) is 9.30. The minimum Gasteiger partial charge on any atom is -0.463 e. The van der Waals surface area contributed by atoms with E-state index in [9.17, 15) is 14.0 Å². The molecule has 0 bridgehead atoms. The lowest BCUT2D eigenvalue weighted by atomic mass is 10.2. The van der Waals surface area contributed by atoms with E-state index in [0.29, 0.717) is 17.6 Å². The average molecular weight is 433 g/mol. The summed E-state index contributed by atoms with van der Waals surface area (Å²) in [5.74, 6) is -0.536. The number of nitrogens with zero attached hydrogens (tertiary/aromatic N) is 4. The predicted molar refractivity (Wildman–Crippen MR) is 105 cm³/mol. The Morgan fingerprint density at radius 2 is 2.20 bits per heavy atom. The van der Waals surface area contributed by atoms with Gasteiger partial charge in [-0.05, 0) is 6.07 Å². The van der Waals surface area contributed by atoms with Gasteiger partial charge in [-0.25, -0.2) is 13.8 Å². The van der Waals surface area contributed by atoms with Gasteiger partial charge in [-0.15, -0.1) is 0 Å². The van der Waals surface area contributed by atoms with Crippen LogP contribution >= 0.6 is 11.6 Å². The van der Waals surface area contributed by atoms with Crippen LogP contribution in [-0.2, 0) is 20.8 Å². The first-order chi connectivity index (χ1) is 14.5. The third-order valence-corrected chi connectivity index (χ3v) is 6.18. The largest absolute Gasteiger partial charge is 0.463 e. The molecule has 3 heterocycles. The van der Waals surface area contributed by atoms with E-state index in [1.54, 1.807) is 18.2 Å². The first-order valence-corrected chi connectivity index (χ1v) is 9.95. The maximum Gasteiger partial charge on any atom is 0.302 e. The smallest absolute Gasteiger partial charge is 0.302 e. The van der Waals surface area contributed by atoms with Crippen molar-refractivity contribution in [1.82, 2.24) is 19.6 Å². The van der Waals surface area contributed by atoms with Crippen LogP contribution in [0.4, 0.5) is 4.39 Å². The van der Waals surface area contributed by atoms with Crippen molar-refractivity contribution in [3.8, 4) is 0 Å². The highest BCUT2D eigenvalue weighted by Crippen LogP contribution is 2.56. The molecule has 0 N–H and O–H groups in total. The minimum atomic E-state index is -0.369. The van der Waals surface area contributed by atoms with Crippen LogP contribution in [0, 0.1) is 17.7 Å². The van der Waals surface area contributed by atoms with Crippen LogP contribution in [0.1, 0.15) is 18.5 Å². The molecule has 8 nitrogen and oxygen atoms in total. The van der Waals surface area contributed by atoms with Crippen LogP contribution < -0.4 is 5.56 Å². The number of carbonyl (C=O) groups is 1. The van der Waals surface area contributed by atoms with Gasteiger partial charge in [0.1, 0.15) is 17.6 Å². The Kier molecular flexibility index (Phi) is 4.59. The van der Waals surface area contributed by atoms with Gasteiger partial charge in [0.05, 0.1) is 36.9 Å². The summed E-state index contributed by atoms with van der Waals surface area (Å²) in [7, 11) is 0. The lowest BCUT2D eigenvalue weighted by Gasteiger charge is -2.15. The number of hydrogen-bond acceptors (Lipinski definition) is 6. The topological polar surface area (TPSA) is 88.2 Å². The fraction of sp³-hybridized carbons (Fsp3) is 0.400. The molecule has 1 aromatic carbocycles. The van der Waals surface area contributed by atoms with Gasteiger partial charge in [-0.3, -0.25) is 9.59 Å². The van der Waals surface area contributed by atoms with Crippen molar-refractivity contribution in [2.75, 3.05) is 13.2 Å². The number of fused-ring (bicyclic) bond motifs is 2. The maximum absolute atomic E-state index is 14.0. The Bertz CT molecular complexity index is 1210. The van der Waals surface area contributed by atoms with Crippen molar-refractivity contribution >= 4 is 28.5 Å². The predicted octanol–water partition coefficient (Wildman–Crippen LogP) is 2.18. The van der Waals surface area contributed by atoms with Crippen molar-refractivity contribution in [3.05, 3.63) is 57.3 Å². The van der Waals surface area contributed by atoms with E-state index in [1.165, 1.54) is 28.6 Å². The Labute approximate surface area is 175 Å². The van der Waals surface area contributed by atoms with Gasteiger partial charge < -0.3 is 9.47 Å². The Morgan fingerprint density at radius 3 is 2.97 bits per heavy atom. The number of rotatable bonds is 5. The third kappa shape index (κ3) is 3.09. The Balaban J connectivity index is 1.44. The molecule has 30 heavy (non-hydrogen) atoms. The second-order valence-electron chi connectivity index (χ2n) is 7.60. The quantitative estimate of drug-likeness (QED) is 0.574. The summed E-state index contributed by atoms with van der Waals surface area (Å²) in [6, 6.07) is 6.20. The zero-order valence-electron chi connectivity index (χ0n) is 16.0. The van der Waals surface area contributed by atoms with E-state index < -0.39 is 0 Å². The molecule has 1 aliphatic carbocycles. The Hall–Kier alpha value is -2.78. The molecular formula is C20H18ClFN4O4. The molecule has 1 saturated carbocycles. The fourth-order valence-corrected chi connectivity index (χ4v) is 4.49. The molecule has 0 spiro atoms. The van der Waals surface area contributed by atoms with E-state index >= 15 is 0 Å². The number of ether oxygens (including phenoxy) is 2. The zero-order chi connectivity index (χ0) is 21.0. The summed E-state index contributed by atoms with van der Waals surface area (Å²) in [4.78, 5) is 24.1. The molecule has 10 heteroatoms. The average Bonchev–Trinajstić information content (AvgIpc) is 3.11. The molecule has 0 amide bonds. The van der Waals surface area contributed by atoms with Crippen LogP contribution in [0.15, 0.2) is 35.3 Å². The van der Waals surface area contributed by atoms with Crippen molar-refractivity contribution in [1.29, 1.82) is 0 Å². The minimum absolute atomic E-state index is 0.0583. The van der Waals surface area contributed by atoms with Crippen LogP contribution in [0.25, 0.3) is 10.9 Å². The van der Waals surface area contributed by atoms with Gasteiger partial charge in [0.2, 0.25) is 0 Å². The standard InChI is InChI=1S/C20H18ClFN4O4/c1-10(27)29-9-15-16-13(8-30-15)18(16)26-20(28)17-12(6-23-26)19(21)25(24-17)7-11-4-2-3-5-14(11)22/h2-6,13,15-16,18H,7-9H2,1H3/t13?,15?,16?,18-/m0/s1. The molecule has 156 valence electrons. The van der Waals surface area contributed by atoms with E-state index in [4.69, 9.17) is 21.1 Å². The van der Waals surface area contributed by atoms with Crippen molar-refractivity contribution in [3.63, 3.8) is 0 Å². The van der Waals surface area contributed by atoms with Gasteiger partial charge >= 0.3 is 5.97 Å². The molecule has 0 radical (unpaired) electrons. The summed E-state index contributed by atoms with van der Waals surface area (Å²) >= 11 is 6.39. The van der Waals surface area contributed by atoms with Gasteiger partial charge in [-0.1, -0.05) is 29.8 Å². The number of aromatic nitrogens is 4. The molecule has 1 saturated heterocycles. The van der Waals surface area contributed by atoms with E-state index in [-0.39, 0.29) is 65.1 Å². The van der Waals surface area contributed by atoms with Crippen LogP contribution in [-0.4, -0.2) is 44.8 Å². The molecule has 4 atom stereocenters. The third-order valence-electron chi connectivity index (χ3n) is 5.78. The second kappa shape index (κ2) is 7.17. The highest BCUT2D eigenvalue weighted by molar-refractivity contribution is 6.34. The molecule has 2 aromatic heterocycles.